The molecule has 6 heteroatoms. The van der Waals surface area contributed by atoms with Gasteiger partial charge < -0.3 is 14.5 Å². The van der Waals surface area contributed by atoms with E-state index in [0.717, 1.165) is 11.1 Å². The Morgan fingerprint density at radius 2 is 1.87 bits per heavy atom. The quantitative estimate of drug-likeness (QED) is 0.761. The first-order valence-electron chi connectivity index (χ1n) is 10.4. The van der Waals surface area contributed by atoms with E-state index in [2.05, 4.69) is 0 Å². The van der Waals surface area contributed by atoms with Crippen molar-refractivity contribution in [3.8, 4) is 0 Å². The summed E-state index contributed by atoms with van der Waals surface area (Å²) in [6, 6.07) is 16.2. The number of likely N-dealkylation sites (tertiary alicyclic amines) is 1. The molecule has 0 aliphatic carbocycles. The second-order valence-electron chi connectivity index (χ2n) is 8.35. The van der Waals surface area contributed by atoms with Gasteiger partial charge in [0.25, 0.3) is 0 Å². The van der Waals surface area contributed by atoms with Gasteiger partial charge in [0.15, 0.2) is 0 Å². The Morgan fingerprint density at radius 3 is 2.60 bits per heavy atom. The van der Waals surface area contributed by atoms with Gasteiger partial charge in [0.1, 0.15) is 18.0 Å². The van der Waals surface area contributed by atoms with Crippen LogP contribution < -0.4 is 0 Å². The summed E-state index contributed by atoms with van der Waals surface area (Å²) >= 11 is 0. The molecule has 30 heavy (non-hydrogen) atoms. The highest BCUT2D eigenvalue weighted by molar-refractivity contribution is 5.79. The van der Waals surface area contributed by atoms with E-state index in [1.54, 1.807) is 12.1 Å². The number of hydrogen-bond donors (Lipinski definition) is 0. The smallest absolute Gasteiger partial charge is 0.249 e. The average molecular weight is 410 g/mol. The molecule has 2 atom stereocenters. The molecular weight excluding hydrogens is 383 g/mol. The Balaban J connectivity index is 1.40. The first-order chi connectivity index (χ1) is 14.4. The molecule has 2 aliphatic heterocycles. The molecule has 0 N–H and O–H groups in total. The summed E-state index contributed by atoms with van der Waals surface area (Å²) in [5.41, 5.74) is 1.46. The van der Waals surface area contributed by atoms with E-state index >= 15 is 0 Å². The predicted octanol–water partition coefficient (Wildman–Crippen LogP) is 3.18. The van der Waals surface area contributed by atoms with E-state index in [1.165, 1.54) is 12.1 Å². The zero-order chi connectivity index (χ0) is 21.1. The third-order valence-electron chi connectivity index (χ3n) is 6.19. The molecule has 0 radical (unpaired) electrons. The van der Waals surface area contributed by atoms with Crippen molar-refractivity contribution in [2.75, 3.05) is 19.7 Å². The molecule has 4 rings (SSSR count). The van der Waals surface area contributed by atoms with Gasteiger partial charge >= 0.3 is 0 Å². The summed E-state index contributed by atoms with van der Waals surface area (Å²) in [7, 11) is 0. The molecule has 5 nitrogen and oxygen atoms in total. The number of halogens is 1. The second kappa shape index (κ2) is 8.56. The van der Waals surface area contributed by atoms with Crippen LogP contribution in [-0.4, -0.2) is 53.0 Å². The molecule has 2 aliphatic rings. The Morgan fingerprint density at radius 1 is 1.13 bits per heavy atom. The topological polar surface area (TPSA) is 49.9 Å². The minimum absolute atomic E-state index is 0.00239. The molecule has 2 aromatic carbocycles. The van der Waals surface area contributed by atoms with E-state index < -0.39 is 5.60 Å². The number of hydrogen-bond acceptors (Lipinski definition) is 3. The molecule has 0 aromatic heterocycles. The third kappa shape index (κ3) is 4.38. The molecule has 0 spiro atoms. The lowest BCUT2D eigenvalue weighted by atomic mass is 9.85. The van der Waals surface area contributed by atoms with Crippen LogP contribution in [0.15, 0.2) is 54.6 Å². The van der Waals surface area contributed by atoms with Gasteiger partial charge in [-0.05, 0) is 43.0 Å². The summed E-state index contributed by atoms with van der Waals surface area (Å²) < 4.78 is 19.0. The van der Waals surface area contributed by atoms with Crippen molar-refractivity contribution < 1.29 is 18.7 Å². The maximum Gasteiger partial charge on any atom is 0.249 e. The minimum Gasteiger partial charge on any atom is -0.361 e. The number of fused-ring (bicyclic) bond motifs is 1. The Hall–Kier alpha value is -2.73. The lowest BCUT2D eigenvalue weighted by Gasteiger charge is -2.53. The largest absolute Gasteiger partial charge is 0.361 e. The Kier molecular flexibility index (Phi) is 5.86. The maximum absolute atomic E-state index is 13.1. The van der Waals surface area contributed by atoms with Crippen LogP contribution >= 0.6 is 0 Å². The molecule has 2 heterocycles. The highest BCUT2D eigenvalue weighted by atomic mass is 19.1. The normalized spacial score (nSPS) is 23.9. The Bertz CT molecular complexity index is 902. The van der Waals surface area contributed by atoms with Crippen molar-refractivity contribution in [2.45, 2.75) is 44.4 Å². The van der Waals surface area contributed by atoms with Crippen molar-refractivity contribution in [1.82, 2.24) is 9.80 Å². The number of ether oxygens (including phenoxy) is 1. The molecule has 2 fully saturated rings. The lowest BCUT2D eigenvalue weighted by molar-refractivity contribution is -0.190. The van der Waals surface area contributed by atoms with E-state index in [9.17, 15) is 14.0 Å². The summed E-state index contributed by atoms with van der Waals surface area (Å²) in [5.74, 6) is -0.212. The number of carbonyl (C=O) groups is 2. The number of morpholine rings is 1. The standard InChI is InChI=1S/C24H27FN2O3/c1-24-17-26(22(28)12-9-18-7-10-20(25)11-8-18)14-13-21(24)27(23(29)16-30-24)15-19-5-3-2-4-6-19/h2-8,10-11,21H,9,12-17H2,1H3/t21-,24-/m1/s1. The zero-order valence-electron chi connectivity index (χ0n) is 17.2. The van der Waals surface area contributed by atoms with Crippen LogP contribution in [0.1, 0.15) is 30.9 Å². The minimum atomic E-state index is -0.577. The highest BCUT2D eigenvalue weighted by Crippen LogP contribution is 2.34. The third-order valence-corrected chi connectivity index (χ3v) is 6.19. The van der Waals surface area contributed by atoms with Gasteiger partial charge in [0.2, 0.25) is 11.8 Å². The van der Waals surface area contributed by atoms with Crippen LogP contribution in [0.3, 0.4) is 0 Å². The van der Waals surface area contributed by atoms with Crippen molar-refractivity contribution in [3.05, 3.63) is 71.5 Å². The van der Waals surface area contributed by atoms with Crippen LogP contribution in [0.25, 0.3) is 0 Å². The first-order valence-corrected chi connectivity index (χ1v) is 10.4. The molecule has 2 aromatic rings. The van der Waals surface area contributed by atoms with E-state index in [1.807, 2.05) is 47.1 Å². The zero-order valence-corrected chi connectivity index (χ0v) is 17.2. The van der Waals surface area contributed by atoms with Gasteiger partial charge in [0, 0.05) is 19.5 Å². The fraction of sp³-hybridized carbons (Fsp3) is 0.417. The number of benzene rings is 2. The van der Waals surface area contributed by atoms with E-state index in [-0.39, 0.29) is 30.3 Å². The molecule has 2 saturated heterocycles. The molecular formula is C24H27FN2O3. The Labute approximate surface area is 176 Å². The maximum atomic E-state index is 13.1. The number of aryl methyl sites for hydroxylation is 1. The first kappa shape index (κ1) is 20.5. The van der Waals surface area contributed by atoms with Crippen molar-refractivity contribution in [1.29, 1.82) is 0 Å². The lowest BCUT2D eigenvalue weighted by Crippen LogP contribution is -2.67. The van der Waals surface area contributed by atoms with E-state index in [0.29, 0.717) is 38.9 Å². The number of piperidine rings is 1. The second-order valence-corrected chi connectivity index (χ2v) is 8.35. The fourth-order valence-electron chi connectivity index (χ4n) is 4.51. The highest BCUT2D eigenvalue weighted by Gasteiger charge is 2.49. The fourth-order valence-corrected chi connectivity index (χ4v) is 4.51. The van der Waals surface area contributed by atoms with E-state index in [4.69, 9.17) is 4.74 Å². The SMILES string of the molecule is C[C@@]12CN(C(=O)CCc3ccc(F)cc3)CC[C@H]1N(Cc1ccccc1)C(=O)CO2. The van der Waals surface area contributed by atoms with Gasteiger partial charge in [-0.2, -0.15) is 0 Å². The number of amides is 2. The average Bonchev–Trinajstić information content (AvgIpc) is 2.76. The molecule has 0 unspecified atom stereocenters. The van der Waals surface area contributed by atoms with Gasteiger partial charge in [-0.25, -0.2) is 4.39 Å². The number of nitrogens with zero attached hydrogens (tertiary/aromatic N) is 2. The molecule has 2 amide bonds. The molecule has 0 bridgehead atoms. The number of carbonyl (C=O) groups excluding carboxylic acids is 2. The van der Waals surface area contributed by atoms with Gasteiger partial charge in [-0.15, -0.1) is 0 Å². The summed E-state index contributed by atoms with van der Waals surface area (Å²) in [6.07, 6.45) is 1.64. The molecule has 0 saturated carbocycles. The van der Waals surface area contributed by atoms with Crippen LogP contribution in [0.5, 0.6) is 0 Å². The predicted molar refractivity (Wildman–Crippen MR) is 111 cm³/mol. The van der Waals surface area contributed by atoms with Crippen molar-refractivity contribution in [2.24, 2.45) is 0 Å². The summed E-state index contributed by atoms with van der Waals surface area (Å²) in [4.78, 5) is 29.2. The molecule has 158 valence electrons. The van der Waals surface area contributed by atoms with Gasteiger partial charge in [-0.3, -0.25) is 9.59 Å². The van der Waals surface area contributed by atoms with Crippen molar-refractivity contribution in [3.63, 3.8) is 0 Å². The summed E-state index contributed by atoms with van der Waals surface area (Å²) in [6.45, 7) is 3.67. The van der Waals surface area contributed by atoms with Crippen LogP contribution in [0.4, 0.5) is 4.39 Å². The van der Waals surface area contributed by atoms with Crippen LogP contribution in [0.2, 0.25) is 0 Å². The summed E-state index contributed by atoms with van der Waals surface area (Å²) in [5, 5.41) is 0. The van der Waals surface area contributed by atoms with Crippen molar-refractivity contribution >= 4 is 11.8 Å². The van der Waals surface area contributed by atoms with Gasteiger partial charge in [-0.1, -0.05) is 42.5 Å². The van der Waals surface area contributed by atoms with Crippen LogP contribution in [-0.2, 0) is 27.3 Å². The van der Waals surface area contributed by atoms with Crippen LogP contribution in [0, 0.1) is 5.82 Å². The monoisotopic (exact) mass is 410 g/mol. The number of rotatable bonds is 5. The van der Waals surface area contributed by atoms with Gasteiger partial charge in [0.05, 0.1) is 12.6 Å².